The van der Waals surface area contributed by atoms with Crippen LogP contribution >= 0.6 is 0 Å². The number of aryl methyl sites for hydroxylation is 1. The van der Waals surface area contributed by atoms with Gasteiger partial charge in [0.05, 0.1) is 28.2 Å². The normalized spacial score (nSPS) is 14.5. The van der Waals surface area contributed by atoms with Crippen LogP contribution in [0.3, 0.4) is 0 Å². The molecule has 46 heavy (non-hydrogen) atoms. The van der Waals surface area contributed by atoms with Gasteiger partial charge in [-0.15, -0.1) is 0 Å². The molecule has 0 saturated carbocycles. The summed E-state index contributed by atoms with van der Waals surface area (Å²) in [7, 11) is -2.52. The summed E-state index contributed by atoms with van der Waals surface area (Å²) >= 11 is 0. The number of carbonyl (C=O) groups is 1. The molecule has 6 rings (SSSR count). The number of nitrogens with zero attached hydrogens (tertiary/aromatic N) is 3. The number of sulfonamides is 1. The molecule has 0 fully saturated rings. The number of nitrogens with one attached hydrogen (secondary N) is 1. The van der Waals surface area contributed by atoms with Crippen molar-refractivity contribution in [2.45, 2.75) is 24.5 Å². The fourth-order valence-corrected chi connectivity index (χ4v) is 6.62. The highest BCUT2D eigenvalue weighted by molar-refractivity contribution is 7.92. The molecule has 0 aromatic heterocycles. The topological polar surface area (TPSA) is 122 Å². The first-order valence-electron chi connectivity index (χ1n) is 14.4. The first-order chi connectivity index (χ1) is 22.1. The summed E-state index contributed by atoms with van der Waals surface area (Å²) in [6, 6.07) is 34.1. The molecule has 0 spiro atoms. The lowest BCUT2D eigenvalue weighted by atomic mass is 9.98. The number of amides is 1. The molecule has 1 N–H and O–H groups in total. The molecule has 0 radical (unpaired) electrons. The number of carbonyl (C=O) groups excluding carboxylic acids is 1. The molecule has 0 bridgehead atoms. The van der Waals surface area contributed by atoms with Crippen LogP contribution in [-0.4, -0.2) is 26.4 Å². The van der Waals surface area contributed by atoms with E-state index in [1.165, 1.54) is 36.3 Å². The molecule has 5 aromatic rings. The van der Waals surface area contributed by atoms with E-state index in [0.717, 1.165) is 11.1 Å². The van der Waals surface area contributed by atoms with Gasteiger partial charge in [0, 0.05) is 35.6 Å². The molecule has 10 nitrogen and oxygen atoms in total. The van der Waals surface area contributed by atoms with Gasteiger partial charge in [0.1, 0.15) is 11.9 Å². The molecule has 1 atom stereocenters. The summed E-state index contributed by atoms with van der Waals surface area (Å²) in [5, 5.41) is 11.8. The maximum atomic E-state index is 14.6. The Morgan fingerprint density at radius 1 is 0.870 bits per heavy atom. The summed E-state index contributed by atoms with van der Waals surface area (Å²) in [6.07, 6.45) is -0.818. The summed E-state index contributed by atoms with van der Waals surface area (Å²) in [5.41, 5.74) is 3.85. The first-order valence-corrected chi connectivity index (χ1v) is 15.9. The number of benzene rings is 5. The van der Waals surface area contributed by atoms with Gasteiger partial charge in [0.15, 0.2) is 0 Å². The zero-order valence-electron chi connectivity index (χ0n) is 25.0. The van der Waals surface area contributed by atoms with Crippen LogP contribution in [0.15, 0.2) is 126 Å². The number of rotatable bonds is 9. The van der Waals surface area contributed by atoms with Gasteiger partial charge in [-0.25, -0.2) is 8.42 Å². The number of nitro benzene ring substituents is 1. The molecule has 5 aromatic carbocycles. The number of methoxy groups -OCH3 is 1. The van der Waals surface area contributed by atoms with Crippen molar-refractivity contribution in [2.75, 3.05) is 21.6 Å². The predicted octanol–water partition coefficient (Wildman–Crippen LogP) is 7.08. The second kappa shape index (κ2) is 12.4. The molecule has 1 aliphatic rings. The van der Waals surface area contributed by atoms with Gasteiger partial charge in [-0.3, -0.25) is 24.5 Å². The number of anilines is 3. The summed E-state index contributed by atoms with van der Waals surface area (Å²) in [5.74, 6) is 0.116. The Balaban J connectivity index is 1.54. The van der Waals surface area contributed by atoms with Gasteiger partial charge in [-0.2, -0.15) is 0 Å². The van der Waals surface area contributed by atoms with Crippen molar-refractivity contribution in [3.8, 4) is 5.75 Å². The van der Waals surface area contributed by atoms with Crippen LogP contribution in [0.5, 0.6) is 5.75 Å². The zero-order valence-corrected chi connectivity index (χ0v) is 25.8. The van der Waals surface area contributed by atoms with Crippen LogP contribution in [0.4, 0.5) is 22.7 Å². The molecular formula is C35H30N4O6S. The standard InChI is InChI=1S/C35H30N4O6S/c1-24-11-13-27(14-12-24)36-46(43,44)31-19-20-33-32(22-31)35(40)38(28-15-17-30(45-2)18-16-28)34(26-9-6-10-29(21-26)39(41)42)37(33)23-25-7-4-3-5-8-25/h3-22,34,36H,23H2,1-2H3/t34-/m1/s1. The van der Waals surface area contributed by atoms with Gasteiger partial charge in [0.25, 0.3) is 21.6 Å². The van der Waals surface area contributed by atoms with E-state index in [2.05, 4.69) is 4.72 Å². The monoisotopic (exact) mass is 634 g/mol. The highest BCUT2D eigenvalue weighted by atomic mass is 32.2. The lowest BCUT2D eigenvalue weighted by Crippen LogP contribution is -2.49. The third-order valence-electron chi connectivity index (χ3n) is 7.81. The van der Waals surface area contributed by atoms with Crippen molar-refractivity contribution in [1.29, 1.82) is 0 Å². The number of ether oxygens (including phenoxy) is 1. The minimum Gasteiger partial charge on any atom is -0.497 e. The van der Waals surface area contributed by atoms with E-state index in [-0.39, 0.29) is 16.1 Å². The second-order valence-corrected chi connectivity index (χ2v) is 12.5. The highest BCUT2D eigenvalue weighted by Gasteiger charge is 2.41. The largest absolute Gasteiger partial charge is 0.497 e. The Bertz CT molecular complexity index is 2020. The van der Waals surface area contributed by atoms with Gasteiger partial charge in [-0.05, 0) is 67.1 Å². The number of fused-ring (bicyclic) bond motifs is 1. The van der Waals surface area contributed by atoms with Crippen LogP contribution in [0.1, 0.15) is 33.2 Å². The van der Waals surface area contributed by atoms with Crippen molar-refractivity contribution in [1.82, 2.24) is 0 Å². The Labute approximate surface area is 266 Å². The van der Waals surface area contributed by atoms with Crippen molar-refractivity contribution in [3.63, 3.8) is 0 Å². The maximum Gasteiger partial charge on any atom is 0.269 e. The summed E-state index contributed by atoms with van der Waals surface area (Å²) in [4.78, 5) is 29.3. The Hall–Kier alpha value is -5.68. The molecule has 0 unspecified atom stereocenters. The highest BCUT2D eigenvalue weighted by Crippen LogP contribution is 2.44. The number of hydrogen-bond acceptors (Lipinski definition) is 7. The van der Waals surface area contributed by atoms with Crippen molar-refractivity contribution in [2.24, 2.45) is 0 Å². The van der Waals surface area contributed by atoms with E-state index in [0.29, 0.717) is 34.9 Å². The average molecular weight is 635 g/mol. The summed E-state index contributed by atoms with van der Waals surface area (Å²) in [6.45, 7) is 2.22. The van der Waals surface area contributed by atoms with Crippen molar-refractivity contribution < 1.29 is 22.9 Å². The lowest BCUT2D eigenvalue weighted by Gasteiger charge is -2.46. The number of nitro groups is 1. The molecule has 11 heteroatoms. The Morgan fingerprint density at radius 3 is 2.26 bits per heavy atom. The van der Waals surface area contributed by atoms with E-state index < -0.39 is 27.0 Å². The van der Waals surface area contributed by atoms with Crippen molar-refractivity contribution >= 4 is 38.7 Å². The van der Waals surface area contributed by atoms with E-state index in [9.17, 15) is 23.3 Å². The Morgan fingerprint density at radius 2 is 1.59 bits per heavy atom. The predicted molar refractivity (Wildman–Crippen MR) is 177 cm³/mol. The molecule has 1 amide bonds. The van der Waals surface area contributed by atoms with E-state index >= 15 is 0 Å². The minimum atomic E-state index is -4.06. The lowest BCUT2D eigenvalue weighted by molar-refractivity contribution is -0.384. The van der Waals surface area contributed by atoms with Crippen molar-refractivity contribution in [3.05, 3.63) is 154 Å². The average Bonchev–Trinajstić information content (AvgIpc) is 3.07. The smallest absolute Gasteiger partial charge is 0.269 e. The molecule has 0 saturated heterocycles. The quantitative estimate of drug-likeness (QED) is 0.136. The van der Waals surface area contributed by atoms with Crippen LogP contribution in [0.25, 0.3) is 0 Å². The van der Waals surface area contributed by atoms with Crippen LogP contribution in [0.2, 0.25) is 0 Å². The van der Waals surface area contributed by atoms with E-state index in [1.807, 2.05) is 42.2 Å². The van der Waals surface area contributed by atoms with E-state index in [1.54, 1.807) is 66.7 Å². The fourth-order valence-electron chi connectivity index (χ4n) is 5.53. The molecule has 0 aliphatic carbocycles. The van der Waals surface area contributed by atoms with Crippen LogP contribution in [-0.2, 0) is 16.6 Å². The molecular weight excluding hydrogens is 604 g/mol. The third kappa shape index (κ3) is 6.00. The van der Waals surface area contributed by atoms with Gasteiger partial charge >= 0.3 is 0 Å². The third-order valence-corrected chi connectivity index (χ3v) is 9.19. The first kappa shape index (κ1) is 30.4. The van der Waals surface area contributed by atoms with Gasteiger partial charge in [-0.1, -0.05) is 60.2 Å². The van der Waals surface area contributed by atoms with Gasteiger partial charge in [0.2, 0.25) is 0 Å². The van der Waals surface area contributed by atoms with Gasteiger partial charge < -0.3 is 9.64 Å². The maximum absolute atomic E-state index is 14.6. The number of hydrogen-bond donors (Lipinski definition) is 1. The second-order valence-electron chi connectivity index (χ2n) is 10.9. The van der Waals surface area contributed by atoms with Crippen LogP contribution in [0, 0.1) is 17.0 Å². The number of non-ortho nitro benzene ring substituents is 1. The summed E-state index contributed by atoms with van der Waals surface area (Å²) < 4.78 is 35.0. The molecule has 1 heterocycles. The van der Waals surface area contributed by atoms with E-state index in [4.69, 9.17) is 4.74 Å². The molecule has 1 aliphatic heterocycles. The van der Waals surface area contributed by atoms with Crippen LogP contribution < -0.4 is 19.3 Å². The molecule has 232 valence electrons. The SMILES string of the molecule is COc1ccc(N2C(=O)c3cc(S(=O)(=O)Nc4ccc(C)cc4)ccc3N(Cc3ccccc3)[C@H]2c2cccc([N+](=O)[O-])c2)cc1. The minimum absolute atomic E-state index is 0.0803. The zero-order chi connectivity index (χ0) is 32.4. The Kier molecular flexibility index (Phi) is 8.16. The fraction of sp³-hybridized carbons (Fsp3) is 0.114.